The fourth-order valence-corrected chi connectivity index (χ4v) is 6.05. The van der Waals surface area contributed by atoms with Crippen molar-refractivity contribution in [2.75, 3.05) is 60.2 Å². The van der Waals surface area contributed by atoms with Gasteiger partial charge in [-0.25, -0.2) is 4.79 Å². The van der Waals surface area contributed by atoms with Gasteiger partial charge < -0.3 is 23.9 Å². The summed E-state index contributed by atoms with van der Waals surface area (Å²) in [6.07, 6.45) is 6.89. The van der Waals surface area contributed by atoms with E-state index in [1.165, 1.54) is 5.56 Å². The Hall–Kier alpha value is -3.01. The molecule has 0 saturated carbocycles. The summed E-state index contributed by atoms with van der Waals surface area (Å²) in [6, 6.07) is 12.4. The van der Waals surface area contributed by atoms with E-state index in [1.54, 1.807) is 38.5 Å². The van der Waals surface area contributed by atoms with E-state index in [0.717, 1.165) is 66.8 Å². The molecule has 10 heteroatoms. The van der Waals surface area contributed by atoms with Gasteiger partial charge in [-0.2, -0.15) is 0 Å². The van der Waals surface area contributed by atoms with Gasteiger partial charge in [-0.1, -0.05) is 29.3 Å². The highest BCUT2D eigenvalue weighted by atomic mass is 35.5. The van der Waals surface area contributed by atoms with Crippen LogP contribution in [0.15, 0.2) is 65.9 Å². The summed E-state index contributed by atoms with van der Waals surface area (Å²) >= 11 is 12.4. The van der Waals surface area contributed by atoms with Gasteiger partial charge in [-0.3, -0.25) is 9.80 Å². The van der Waals surface area contributed by atoms with Crippen LogP contribution in [0, 0.1) is 0 Å². The molecule has 1 amide bonds. The van der Waals surface area contributed by atoms with E-state index in [0.29, 0.717) is 48.6 Å². The second-order valence-corrected chi connectivity index (χ2v) is 11.7. The predicted octanol–water partition coefficient (Wildman–Crippen LogP) is 7.18. The lowest BCUT2D eigenvalue weighted by Crippen LogP contribution is -2.42. The number of fused-ring (bicyclic) bond motifs is 3. The summed E-state index contributed by atoms with van der Waals surface area (Å²) in [6.45, 7) is 5.21. The summed E-state index contributed by atoms with van der Waals surface area (Å²) in [4.78, 5) is 21.3. The maximum absolute atomic E-state index is 13.6. The minimum absolute atomic E-state index is 0.289. The molecule has 8 nitrogen and oxygen atoms in total. The number of methoxy groups -OCH3 is 2. The van der Waals surface area contributed by atoms with Gasteiger partial charge in [0.1, 0.15) is 5.75 Å². The first kappa shape index (κ1) is 31.4. The van der Waals surface area contributed by atoms with Gasteiger partial charge in [-0.15, -0.1) is 0 Å². The Morgan fingerprint density at radius 1 is 0.930 bits per heavy atom. The number of H-pyrrole nitrogens is 1. The fourth-order valence-electron chi connectivity index (χ4n) is 5.75. The summed E-state index contributed by atoms with van der Waals surface area (Å²) < 4.78 is 22.4. The lowest BCUT2D eigenvalue weighted by atomic mass is 9.88. The van der Waals surface area contributed by atoms with Crippen LogP contribution < -0.4 is 4.74 Å². The maximum atomic E-state index is 13.6. The van der Waals surface area contributed by atoms with Gasteiger partial charge in [0.25, 0.3) is 0 Å². The number of carbonyl (C=O) groups is 1. The van der Waals surface area contributed by atoms with Gasteiger partial charge in [0, 0.05) is 73.5 Å². The Balaban J connectivity index is 1.31. The summed E-state index contributed by atoms with van der Waals surface area (Å²) in [7, 11) is 3.44. The zero-order chi connectivity index (χ0) is 30.2. The molecule has 0 saturated heterocycles. The molecule has 230 valence electrons. The highest BCUT2D eigenvalue weighted by Crippen LogP contribution is 2.42. The van der Waals surface area contributed by atoms with Crippen molar-refractivity contribution in [2.45, 2.75) is 31.7 Å². The van der Waals surface area contributed by atoms with E-state index in [2.05, 4.69) is 16.0 Å². The first-order valence-electron chi connectivity index (χ1n) is 14.7. The molecule has 0 spiro atoms. The Bertz CT molecular complexity index is 1440. The van der Waals surface area contributed by atoms with Crippen LogP contribution in [0.3, 0.4) is 0 Å². The monoisotopic (exact) mass is 627 g/mol. The standard InChI is InChI=1S/C33H39Cl2N3O5/c1-40-20-17-37(18-21-41-2)15-3-19-42-26-9-4-23(5-10-26)32-31-28(29-22-25(35)8-13-30(29)36-31)14-16-38(32)33(39)43-27-11-6-24(34)7-12-27/h4,6-9,11-13,22,32,36H,3,5,10,14-21H2,1-2H3. The van der Waals surface area contributed by atoms with Crippen molar-refractivity contribution in [1.29, 1.82) is 0 Å². The highest BCUT2D eigenvalue weighted by molar-refractivity contribution is 6.31. The predicted molar refractivity (Wildman–Crippen MR) is 170 cm³/mol. The number of carbonyl (C=O) groups excluding carboxylic acids is 1. The van der Waals surface area contributed by atoms with E-state index in [4.69, 9.17) is 42.1 Å². The molecular formula is C33H39Cl2N3O5. The third-order valence-electron chi connectivity index (χ3n) is 7.97. The maximum Gasteiger partial charge on any atom is 0.416 e. The van der Waals surface area contributed by atoms with Crippen LogP contribution >= 0.6 is 23.2 Å². The zero-order valence-electron chi connectivity index (χ0n) is 24.7. The smallest absolute Gasteiger partial charge is 0.416 e. The summed E-state index contributed by atoms with van der Waals surface area (Å²) in [5, 5.41) is 2.38. The van der Waals surface area contributed by atoms with E-state index < -0.39 is 6.09 Å². The fraction of sp³-hybridized carbons (Fsp3) is 0.424. The highest BCUT2D eigenvalue weighted by Gasteiger charge is 2.37. The second-order valence-electron chi connectivity index (χ2n) is 10.8. The van der Waals surface area contributed by atoms with Crippen LogP contribution in [0.25, 0.3) is 10.9 Å². The number of nitrogens with zero attached hydrogens (tertiary/aromatic N) is 2. The van der Waals surface area contributed by atoms with Gasteiger partial charge in [0.05, 0.1) is 31.6 Å². The normalized spacial score (nSPS) is 16.7. The number of hydrogen-bond donors (Lipinski definition) is 1. The molecule has 1 aliphatic carbocycles. The Labute approximate surface area is 263 Å². The van der Waals surface area contributed by atoms with E-state index in [9.17, 15) is 4.79 Å². The van der Waals surface area contributed by atoms with Gasteiger partial charge in [-0.05, 0) is 78.9 Å². The number of aromatic amines is 1. The average Bonchev–Trinajstić information content (AvgIpc) is 3.39. The minimum Gasteiger partial charge on any atom is -0.498 e. The van der Waals surface area contributed by atoms with E-state index >= 15 is 0 Å². The number of aromatic nitrogens is 1. The lowest BCUT2D eigenvalue weighted by Gasteiger charge is -2.37. The number of rotatable bonds is 13. The zero-order valence-corrected chi connectivity index (χ0v) is 26.3. The van der Waals surface area contributed by atoms with Crippen LogP contribution in [-0.4, -0.2) is 81.1 Å². The summed E-state index contributed by atoms with van der Waals surface area (Å²) in [5.41, 5.74) is 4.34. The van der Waals surface area contributed by atoms with Crippen molar-refractivity contribution in [3.8, 4) is 5.75 Å². The first-order valence-corrected chi connectivity index (χ1v) is 15.5. The first-order chi connectivity index (χ1) is 21.0. The van der Waals surface area contributed by atoms with Gasteiger partial charge in [0.15, 0.2) is 0 Å². The number of amides is 1. The molecule has 1 N–H and O–H groups in total. The molecule has 43 heavy (non-hydrogen) atoms. The Kier molecular flexibility index (Phi) is 11.1. The topological polar surface area (TPSA) is 76.3 Å². The molecule has 1 atom stereocenters. The number of benzene rings is 2. The van der Waals surface area contributed by atoms with Crippen molar-refractivity contribution in [3.63, 3.8) is 0 Å². The van der Waals surface area contributed by atoms with Gasteiger partial charge >= 0.3 is 6.09 Å². The van der Waals surface area contributed by atoms with Crippen molar-refractivity contribution >= 4 is 40.2 Å². The number of nitrogens with one attached hydrogen (secondary N) is 1. The number of ether oxygens (including phenoxy) is 4. The van der Waals surface area contributed by atoms with Crippen molar-refractivity contribution in [1.82, 2.24) is 14.8 Å². The largest absolute Gasteiger partial charge is 0.498 e. The SMILES string of the molecule is COCCN(CCCOC1=CC=C(C2c3[nH]c4ccc(Cl)cc4c3CCN2C(=O)Oc2ccc(Cl)cc2)CC1)CCOC. The third-order valence-corrected chi connectivity index (χ3v) is 8.45. The van der Waals surface area contributed by atoms with Gasteiger partial charge in [0.2, 0.25) is 0 Å². The second kappa shape index (κ2) is 15.1. The molecule has 3 aromatic rings. The molecule has 2 heterocycles. The van der Waals surface area contributed by atoms with Crippen molar-refractivity contribution < 1.29 is 23.7 Å². The summed E-state index contributed by atoms with van der Waals surface area (Å²) in [5.74, 6) is 1.41. The lowest BCUT2D eigenvalue weighted by molar-refractivity contribution is 0.105. The molecule has 5 rings (SSSR count). The molecular weight excluding hydrogens is 589 g/mol. The van der Waals surface area contributed by atoms with Crippen LogP contribution in [0.4, 0.5) is 4.79 Å². The van der Waals surface area contributed by atoms with E-state index in [-0.39, 0.29) is 6.04 Å². The van der Waals surface area contributed by atoms with Crippen molar-refractivity contribution in [2.24, 2.45) is 0 Å². The Morgan fingerprint density at radius 2 is 1.67 bits per heavy atom. The minimum atomic E-state index is -0.395. The van der Waals surface area contributed by atoms with Crippen LogP contribution in [0.1, 0.15) is 36.6 Å². The molecule has 1 aliphatic heterocycles. The molecule has 0 fully saturated rings. The number of halogens is 2. The van der Waals surface area contributed by atoms with Crippen molar-refractivity contribution in [3.05, 3.63) is 87.3 Å². The van der Waals surface area contributed by atoms with Crippen LogP contribution in [0.5, 0.6) is 5.75 Å². The molecule has 1 aromatic heterocycles. The van der Waals surface area contributed by atoms with Crippen LogP contribution in [0.2, 0.25) is 10.0 Å². The molecule has 0 radical (unpaired) electrons. The number of hydrogen-bond acceptors (Lipinski definition) is 6. The Morgan fingerprint density at radius 3 is 2.37 bits per heavy atom. The number of allylic oxidation sites excluding steroid dienone is 3. The molecule has 2 aromatic carbocycles. The third kappa shape index (κ3) is 7.94. The molecule has 1 unspecified atom stereocenters. The average molecular weight is 629 g/mol. The quantitative estimate of drug-likeness (QED) is 0.202. The molecule has 2 aliphatic rings. The van der Waals surface area contributed by atoms with Crippen LogP contribution in [-0.2, 0) is 20.6 Å². The molecule has 0 bridgehead atoms. The van der Waals surface area contributed by atoms with E-state index in [1.807, 2.05) is 29.2 Å².